The zero-order valence-corrected chi connectivity index (χ0v) is 8.12. The molecule has 0 radical (unpaired) electrons. The van der Waals surface area contributed by atoms with Crippen molar-refractivity contribution in [1.82, 2.24) is 0 Å². The number of hydrogen-bond donors (Lipinski definition) is 2. The third-order valence-electron chi connectivity index (χ3n) is 1.57. The Kier molecular flexibility index (Phi) is 3.94. The van der Waals surface area contributed by atoms with Gasteiger partial charge in [0.1, 0.15) is 5.75 Å². The van der Waals surface area contributed by atoms with Crippen LogP contribution in [0.25, 0.3) is 0 Å². The fourth-order valence-electron chi connectivity index (χ4n) is 1.05. The van der Waals surface area contributed by atoms with E-state index in [9.17, 15) is 4.79 Å². The van der Waals surface area contributed by atoms with Crippen molar-refractivity contribution in [3.8, 4) is 5.75 Å². The second kappa shape index (κ2) is 5.24. The van der Waals surface area contributed by atoms with Gasteiger partial charge < -0.3 is 15.8 Å². The Bertz CT molecular complexity index is 313. The highest BCUT2D eigenvalue weighted by Gasteiger charge is 1.98. The molecule has 0 aromatic heterocycles. The highest BCUT2D eigenvalue weighted by molar-refractivity contribution is 5.69. The Hall–Kier alpha value is -1.55. The van der Waals surface area contributed by atoms with Crippen molar-refractivity contribution in [2.45, 2.75) is 6.92 Å². The Morgan fingerprint density at radius 3 is 3.00 bits per heavy atom. The van der Waals surface area contributed by atoms with Gasteiger partial charge in [-0.15, -0.1) is 0 Å². The average molecular weight is 194 g/mol. The van der Waals surface area contributed by atoms with Crippen molar-refractivity contribution in [3.63, 3.8) is 0 Å². The molecule has 4 heteroatoms. The molecule has 0 atom stereocenters. The van der Waals surface area contributed by atoms with Crippen LogP contribution in [0.3, 0.4) is 0 Å². The first-order valence-electron chi connectivity index (χ1n) is 4.45. The highest BCUT2D eigenvalue weighted by atomic mass is 16.5. The molecule has 0 saturated heterocycles. The molecule has 0 aliphatic heterocycles. The summed E-state index contributed by atoms with van der Waals surface area (Å²) in [5.41, 5.74) is 6.24. The van der Waals surface area contributed by atoms with E-state index in [1.165, 1.54) is 6.92 Å². The maximum Gasteiger partial charge on any atom is 0.308 e. The number of hydrogen-bond acceptors (Lipinski definition) is 4. The molecule has 0 saturated carbocycles. The fourth-order valence-corrected chi connectivity index (χ4v) is 1.05. The van der Waals surface area contributed by atoms with Gasteiger partial charge in [-0.1, -0.05) is 6.07 Å². The molecule has 0 fully saturated rings. The Morgan fingerprint density at radius 1 is 1.57 bits per heavy atom. The zero-order valence-electron chi connectivity index (χ0n) is 8.12. The summed E-state index contributed by atoms with van der Waals surface area (Å²) in [4.78, 5) is 10.7. The van der Waals surface area contributed by atoms with Gasteiger partial charge in [0, 0.05) is 31.8 Å². The van der Waals surface area contributed by atoms with Crippen molar-refractivity contribution < 1.29 is 9.53 Å². The summed E-state index contributed by atoms with van der Waals surface area (Å²) in [6.07, 6.45) is 0. The van der Waals surface area contributed by atoms with Gasteiger partial charge in [0.05, 0.1) is 0 Å². The fraction of sp³-hybridized carbons (Fsp3) is 0.300. The molecule has 1 aromatic carbocycles. The first-order chi connectivity index (χ1) is 6.72. The minimum Gasteiger partial charge on any atom is -0.427 e. The number of esters is 1. The first kappa shape index (κ1) is 10.5. The maximum atomic E-state index is 10.7. The van der Waals surface area contributed by atoms with E-state index >= 15 is 0 Å². The average Bonchev–Trinajstić information content (AvgIpc) is 2.14. The van der Waals surface area contributed by atoms with Gasteiger partial charge in [-0.2, -0.15) is 0 Å². The molecule has 76 valence electrons. The topological polar surface area (TPSA) is 64.3 Å². The van der Waals surface area contributed by atoms with Crippen molar-refractivity contribution in [2.75, 3.05) is 18.4 Å². The van der Waals surface area contributed by atoms with E-state index in [1.807, 2.05) is 12.1 Å². The molecule has 1 rings (SSSR count). The van der Waals surface area contributed by atoms with Crippen molar-refractivity contribution in [3.05, 3.63) is 24.3 Å². The lowest BCUT2D eigenvalue weighted by molar-refractivity contribution is -0.131. The number of anilines is 1. The second-order valence-electron chi connectivity index (χ2n) is 2.84. The van der Waals surface area contributed by atoms with Gasteiger partial charge in [0.2, 0.25) is 0 Å². The van der Waals surface area contributed by atoms with Crippen LogP contribution in [0.2, 0.25) is 0 Å². The SMILES string of the molecule is CC(=O)Oc1cccc(NCCN)c1. The molecule has 0 unspecified atom stereocenters. The monoisotopic (exact) mass is 194 g/mol. The molecule has 0 bridgehead atoms. The number of carbonyl (C=O) groups is 1. The van der Waals surface area contributed by atoms with Gasteiger partial charge in [-0.25, -0.2) is 0 Å². The van der Waals surface area contributed by atoms with E-state index in [4.69, 9.17) is 10.5 Å². The van der Waals surface area contributed by atoms with Gasteiger partial charge in [-0.3, -0.25) is 4.79 Å². The smallest absolute Gasteiger partial charge is 0.308 e. The van der Waals surface area contributed by atoms with Crippen LogP contribution < -0.4 is 15.8 Å². The third kappa shape index (κ3) is 3.45. The Morgan fingerprint density at radius 2 is 2.36 bits per heavy atom. The van der Waals surface area contributed by atoms with Crippen molar-refractivity contribution in [1.29, 1.82) is 0 Å². The van der Waals surface area contributed by atoms with Gasteiger partial charge >= 0.3 is 5.97 Å². The lowest BCUT2D eigenvalue weighted by Gasteiger charge is -2.06. The second-order valence-corrected chi connectivity index (χ2v) is 2.84. The van der Waals surface area contributed by atoms with Crippen LogP contribution in [-0.2, 0) is 4.79 Å². The van der Waals surface area contributed by atoms with Crippen LogP contribution in [0.5, 0.6) is 5.75 Å². The predicted molar refractivity (Wildman–Crippen MR) is 55.3 cm³/mol. The molecule has 14 heavy (non-hydrogen) atoms. The predicted octanol–water partition coefficient (Wildman–Crippen LogP) is 0.982. The van der Waals surface area contributed by atoms with Gasteiger partial charge in [-0.05, 0) is 12.1 Å². The largest absolute Gasteiger partial charge is 0.427 e. The normalized spacial score (nSPS) is 9.57. The van der Waals surface area contributed by atoms with Crippen LogP contribution in [-0.4, -0.2) is 19.1 Å². The summed E-state index contributed by atoms with van der Waals surface area (Å²) in [6, 6.07) is 7.20. The zero-order chi connectivity index (χ0) is 10.4. The van der Waals surface area contributed by atoms with E-state index in [-0.39, 0.29) is 5.97 Å². The minimum atomic E-state index is -0.319. The first-order valence-corrected chi connectivity index (χ1v) is 4.45. The lowest BCUT2D eigenvalue weighted by atomic mass is 10.3. The van der Waals surface area contributed by atoms with Gasteiger partial charge in [0.15, 0.2) is 0 Å². The van der Waals surface area contributed by atoms with Crippen LogP contribution in [0, 0.1) is 0 Å². The molecule has 0 heterocycles. The minimum absolute atomic E-state index is 0.319. The van der Waals surface area contributed by atoms with E-state index < -0.39 is 0 Å². The van der Waals surface area contributed by atoms with Crippen molar-refractivity contribution >= 4 is 11.7 Å². The maximum absolute atomic E-state index is 10.7. The van der Waals surface area contributed by atoms with Crippen LogP contribution in [0.4, 0.5) is 5.69 Å². The number of carbonyl (C=O) groups excluding carboxylic acids is 1. The summed E-state index contributed by atoms with van der Waals surface area (Å²) in [6.45, 7) is 2.64. The van der Waals surface area contributed by atoms with Crippen LogP contribution in [0.15, 0.2) is 24.3 Å². The third-order valence-corrected chi connectivity index (χ3v) is 1.57. The molecular formula is C10H14N2O2. The summed E-state index contributed by atoms with van der Waals surface area (Å²) >= 11 is 0. The van der Waals surface area contributed by atoms with E-state index in [2.05, 4.69) is 5.32 Å². The summed E-state index contributed by atoms with van der Waals surface area (Å²) < 4.78 is 4.92. The molecule has 0 aliphatic carbocycles. The summed E-state index contributed by atoms with van der Waals surface area (Å²) in [5, 5.41) is 3.09. The molecule has 0 aliphatic rings. The molecule has 3 N–H and O–H groups in total. The molecule has 0 spiro atoms. The number of ether oxygens (including phenoxy) is 1. The summed E-state index contributed by atoms with van der Waals surface area (Å²) in [5.74, 6) is 0.223. The number of nitrogens with one attached hydrogen (secondary N) is 1. The molecule has 1 aromatic rings. The van der Waals surface area contributed by atoms with Crippen LogP contribution >= 0.6 is 0 Å². The summed E-state index contributed by atoms with van der Waals surface area (Å²) in [7, 11) is 0. The van der Waals surface area contributed by atoms with Crippen LogP contribution in [0.1, 0.15) is 6.92 Å². The van der Waals surface area contributed by atoms with E-state index in [0.717, 1.165) is 5.69 Å². The lowest BCUT2D eigenvalue weighted by Crippen LogP contribution is -2.13. The number of rotatable bonds is 4. The number of nitrogens with two attached hydrogens (primary N) is 1. The quantitative estimate of drug-likeness (QED) is 0.554. The molecule has 0 amide bonds. The molecular weight excluding hydrogens is 180 g/mol. The van der Waals surface area contributed by atoms with E-state index in [0.29, 0.717) is 18.8 Å². The number of benzene rings is 1. The van der Waals surface area contributed by atoms with E-state index in [1.54, 1.807) is 12.1 Å². The highest BCUT2D eigenvalue weighted by Crippen LogP contribution is 2.16. The Labute approximate surface area is 83.1 Å². The Balaban J connectivity index is 2.63. The molecule has 4 nitrogen and oxygen atoms in total. The standard InChI is InChI=1S/C10H14N2O2/c1-8(13)14-10-4-2-3-9(7-10)12-6-5-11/h2-4,7,12H,5-6,11H2,1H3. The van der Waals surface area contributed by atoms with Gasteiger partial charge in [0.25, 0.3) is 0 Å². The van der Waals surface area contributed by atoms with Crippen molar-refractivity contribution in [2.24, 2.45) is 5.73 Å².